The van der Waals surface area contributed by atoms with Gasteiger partial charge in [0.15, 0.2) is 6.23 Å². The molecule has 2 aliphatic rings. The fourth-order valence-electron chi connectivity index (χ4n) is 2.02. The van der Waals surface area contributed by atoms with Crippen LogP contribution in [-0.2, 0) is 9.53 Å². The topological polar surface area (TPSA) is 119 Å². The van der Waals surface area contributed by atoms with Gasteiger partial charge in [0, 0.05) is 7.92 Å². The molecule has 0 spiro atoms. The summed E-state index contributed by atoms with van der Waals surface area (Å²) in [5.74, 6) is -2.31. The number of aliphatic hydroxyl groups excluding tert-OH is 3. The monoisotopic (exact) mass is 261 g/mol. The van der Waals surface area contributed by atoms with Crippen LogP contribution >= 0.6 is 0 Å². The van der Waals surface area contributed by atoms with E-state index in [1.54, 1.807) is 0 Å². The van der Waals surface area contributed by atoms with Gasteiger partial charge in [-0.15, -0.1) is 0 Å². The molecule has 4 N–H and O–H groups in total. The van der Waals surface area contributed by atoms with E-state index >= 15 is 0 Å². The first-order valence-corrected chi connectivity index (χ1v) is 5.52. The third-order valence-electron chi connectivity index (χ3n) is 3.10. The summed E-state index contributed by atoms with van der Waals surface area (Å²) in [6.45, 7) is 0.536. The van der Waals surface area contributed by atoms with Crippen LogP contribution in [0.5, 0.6) is 0 Å². The summed E-state index contributed by atoms with van der Waals surface area (Å²) in [4.78, 5) is 24.1. The average Bonchev–Trinajstić information content (AvgIpc) is 2.61. The second-order valence-electron chi connectivity index (χ2n) is 4.40. The summed E-state index contributed by atoms with van der Waals surface area (Å²) in [5.41, 5.74) is 0. The molecular weight excluding hydrogens is 244 g/mol. The van der Waals surface area contributed by atoms with Gasteiger partial charge in [0.2, 0.25) is 5.91 Å². The van der Waals surface area contributed by atoms with E-state index in [0.29, 0.717) is 0 Å². The van der Waals surface area contributed by atoms with Crippen LogP contribution in [0.15, 0.2) is 0 Å². The molecule has 2 aliphatic heterocycles. The minimum absolute atomic E-state index is 0.274. The largest absolute Gasteiger partial charge is 0.394 e. The van der Waals surface area contributed by atoms with Crippen LogP contribution in [0.1, 0.15) is 8.29 Å². The van der Waals surface area contributed by atoms with E-state index in [1.165, 1.54) is 6.92 Å². The predicted molar refractivity (Wildman–Crippen MR) is 57.2 cm³/mol. The number of rotatable bonds is 2. The fraction of sp³-hybridized carbons (Fsp3) is 0.800. The molecular formula is C10H16N2O6. The first-order valence-electron chi connectivity index (χ1n) is 6.02. The Kier molecular flexibility index (Phi) is 3.16. The Hall–Kier alpha value is -1.22. The summed E-state index contributed by atoms with van der Waals surface area (Å²) < 4.78 is 13.0. The molecule has 0 aromatic heterocycles. The third-order valence-corrected chi connectivity index (χ3v) is 3.10. The number of hydrogen-bond acceptors (Lipinski definition) is 6. The number of nitrogens with one attached hydrogen (secondary N) is 1. The number of imide groups is 1. The molecule has 0 radical (unpaired) electrons. The van der Waals surface area contributed by atoms with Crippen LogP contribution in [-0.4, -0.2) is 69.8 Å². The summed E-state index contributed by atoms with van der Waals surface area (Å²) in [5, 5.41) is 30.4. The number of ether oxygens (including phenoxy) is 1. The highest BCUT2D eigenvalue weighted by Crippen LogP contribution is 2.25. The first-order chi connectivity index (χ1) is 8.77. The summed E-state index contributed by atoms with van der Waals surface area (Å²) in [7, 11) is 0. The smallest absolute Gasteiger partial charge is 0.326 e. The lowest BCUT2D eigenvalue weighted by Crippen LogP contribution is -2.59. The number of carbonyl (C=O) groups excluding carboxylic acids is 2. The molecule has 8 heteroatoms. The van der Waals surface area contributed by atoms with Gasteiger partial charge in [-0.25, -0.2) is 4.79 Å². The van der Waals surface area contributed by atoms with Crippen molar-refractivity contribution in [3.05, 3.63) is 0 Å². The SMILES string of the molecule is [2H]C1(C)CN([C@@H]2O[C@H](CO)[C@@H](O)[C@H]2O)C(=O)NC1=O. The van der Waals surface area contributed by atoms with Crippen LogP contribution < -0.4 is 5.32 Å². The molecule has 2 rings (SSSR count). The Morgan fingerprint density at radius 1 is 1.50 bits per heavy atom. The maximum Gasteiger partial charge on any atom is 0.326 e. The molecule has 0 aromatic rings. The van der Waals surface area contributed by atoms with E-state index in [2.05, 4.69) is 0 Å². The second-order valence-corrected chi connectivity index (χ2v) is 4.40. The fourth-order valence-corrected chi connectivity index (χ4v) is 2.02. The Balaban J connectivity index is 2.18. The lowest BCUT2D eigenvalue weighted by atomic mass is 10.1. The maximum absolute atomic E-state index is 11.7. The highest BCUT2D eigenvalue weighted by Gasteiger charge is 2.48. The van der Waals surface area contributed by atoms with Crippen molar-refractivity contribution < 1.29 is 31.0 Å². The summed E-state index contributed by atoms with van der Waals surface area (Å²) in [6.07, 6.45) is -4.96. The van der Waals surface area contributed by atoms with Crippen molar-refractivity contribution in [3.63, 3.8) is 0 Å². The molecule has 2 saturated heterocycles. The van der Waals surface area contributed by atoms with Crippen LogP contribution in [0.2, 0.25) is 0 Å². The van der Waals surface area contributed by atoms with E-state index in [9.17, 15) is 19.8 Å². The van der Waals surface area contributed by atoms with Gasteiger partial charge in [-0.2, -0.15) is 0 Å². The average molecular weight is 261 g/mol. The van der Waals surface area contributed by atoms with Gasteiger partial charge in [-0.05, 0) is 0 Å². The van der Waals surface area contributed by atoms with Crippen molar-refractivity contribution in [2.45, 2.75) is 31.5 Å². The third kappa shape index (κ3) is 2.07. The lowest BCUT2D eigenvalue weighted by molar-refractivity contribution is -0.130. The molecule has 5 atom stereocenters. The van der Waals surface area contributed by atoms with Gasteiger partial charge in [0.1, 0.15) is 18.3 Å². The zero-order chi connectivity index (χ0) is 14.4. The van der Waals surface area contributed by atoms with E-state index in [0.717, 1.165) is 4.90 Å². The summed E-state index contributed by atoms with van der Waals surface area (Å²) in [6, 6.07) is -0.801. The molecule has 2 heterocycles. The minimum atomic E-state index is -1.57. The maximum atomic E-state index is 11.7. The van der Waals surface area contributed by atoms with Gasteiger partial charge < -0.3 is 20.1 Å². The van der Waals surface area contributed by atoms with Crippen molar-refractivity contribution >= 4 is 11.9 Å². The molecule has 1 unspecified atom stereocenters. The normalized spacial score (nSPS) is 46.0. The van der Waals surface area contributed by atoms with E-state index in [4.69, 9.17) is 11.2 Å². The number of carbonyl (C=O) groups is 2. The van der Waals surface area contributed by atoms with Crippen LogP contribution in [0.4, 0.5) is 4.79 Å². The van der Waals surface area contributed by atoms with Crippen molar-refractivity contribution in [3.8, 4) is 0 Å². The molecule has 0 aliphatic carbocycles. The molecule has 8 nitrogen and oxygen atoms in total. The Bertz CT molecular complexity index is 403. The Morgan fingerprint density at radius 3 is 2.72 bits per heavy atom. The number of urea groups is 1. The van der Waals surface area contributed by atoms with Crippen LogP contribution in [0.25, 0.3) is 0 Å². The number of nitrogens with zero attached hydrogens (tertiary/aromatic N) is 1. The zero-order valence-electron chi connectivity index (χ0n) is 10.7. The first kappa shape index (κ1) is 11.8. The highest BCUT2D eigenvalue weighted by atomic mass is 16.6. The molecule has 2 fully saturated rings. The molecule has 0 bridgehead atoms. The van der Waals surface area contributed by atoms with E-state index < -0.39 is 49.0 Å². The number of amides is 3. The predicted octanol–water partition coefficient (Wildman–Crippen LogP) is -2.39. The van der Waals surface area contributed by atoms with Gasteiger partial charge >= 0.3 is 6.03 Å². The van der Waals surface area contributed by atoms with Crippen LogP contribution in [0.3, 0.4) is 0 Å². The second kappa shape index (κ2) is 4.81. The zero-order valence-corrected chi connectivity index (χ0v) is 9.74. The number of aliphatic hydroxyl groups is 3. The van der Waals surface area contributed by atoms with Gasteiger partial charge in [0.05, 0.1) is 12.5 Å². The van der Waals surface area contributed by atoms with Crippen molar-refractivity contribution in [1.29, 1.82) is 0 Å². The molecule has 18 heavy (non-hydrogen) atoms. The van der Waals surface area contributed by atoms with Crippen molar-refractivity contribution in [2.24, 2.45) is 5.89 Å². The molecule has 0 aromatic carbocycles. The molecule has 102 valence electrons. The van der Waals surface area contributed by atoms with Gasteiger partial charge in [0.25, 0.3) is 0 Å². The van der Waals surface area contributed by atoms with Crippen LogP contribution in [0, 0.1) is 5.89 Å². The van der Waals surface area contributed by atoms with E-state index in [1.807, 2.05) is 5.32 Å². The van der Waals surface area contributed by atoms with E-state index in [-0.39, 0.29) is 6.54 Å². The summed E-state index contributed by atoms with van der Waals surface area (Å²) >= 11 is 0. The molecule has 0 saturated carbocycles. The lowest BCUT2D eigenvalue weighted by Gasteiger charge is -2.35. The van der Waals surface area contributed by atoms with Crippen molar-refractivity contribution in [1.82, 2.24) is 10.2 Å². The Morgan fingerprint density at radius 2 is 2.17 bits per heavy atom. The minimum Gasteiger partial charge on any atom is -0.394 e. The number of hydrogen-bond donors (Lipinski definition) is 4. The van der Waals surface area contributed by atoms with Crippen molar-refractivity contribution in [2.75, 3.05) is 13.2 Å². The van der Waals surface area contributed by atoms with Gasteiger partial charge in [-0.3, -0.25) is 15.0 Å². The molecule has 3 amide bonds. The highest BCUT2D eigenvalue weighted by molar-refractivity contribution is 5.97. The Labute approximate surface area is 105 Å². The van der Waals surface area contributed by atoms with Gasteiger partial charge in [-0.1, -0.05) is 6.92 Å². The standard InChI is InChI=1S/C10H16N2O6/c1-4-2-12(10(17)11-8(4)16)9-7(15)6(14)5(3-13)18-9/h4-7,9,13-15H,2-3H2,1H3,(H,11,16,17)/t4?,5-,6-,7-,9-/m1/s1/i4D. The quantitative estimate of drug-likeness (QED) is 0.440.